The molecule has 2 rings (SSSR count). The Morgan fingerprint density at radius 1 is 0.783 bits per heavy atom. The lowest BCUT2D eigenvalue weighted by molar-refractivity contribution is 0.480. The lowest BCUT2D eigenvalue weighted by Gasteiger charge is -2.14. The largest absolute Gasteiger partial charge is 0.506 e. The molecule has 2 aromatic rings. The lowest BCUT2D eigenvalue weighted by Crippen LogP contribution is -1.97. The number of allylic oxidation sites excluding steroid dienone is 4. The van der Waals surface area contributed by atoms with E-state index in [2.05, 4.69) is 12.2 Å². The van der Waals surface area contributed by atoms with Crippen LogP contribution in [-0.2, 0) is 0 Å². The molecule has 1 aromatic carbocycles. The highest BCUT2D eigenvalue weighted by atomic mass is 16.3. The quantitative estimate of drug-likeness (QED) is 0.743. The Balaban J connectivity index is 3.08. The van der Waals surface area contributed by atoms with Gasteiger partial charge in [-0.3, -0.25) is 0 Å². The standard InChI is InChI=1S/C21H23NO/c1-5-9-15-13-14-19(23)21-20(15)17(11-7-3)16(10-6-2)18(22-21)12-8-4/h5-14,23H,1-4H3. The Bertz CT molecular complexity index is 824. The smallest absolute Gasteiger partial charge is 0.141 e. The fraction of sp³-hybridized carbons (Fsp3) is 0.190. The number of aromatic hydroxyl groups is 1. The molecule has 1 N–H and O–H groups in total. The number of rotatable bonds is 4. The molecule has 2 heteroatoms. The molecule has 23 heavy (non-hydrogen) atoms. The van der Waals surface area contributed by atoms with Crippen LogP contribution in [0.2, 0.25) is 0 Å². The van der Waals surface area contributed by atoms with Gasteiger partial charge in [-0.25, -0.2) is 4.98 Å². The van der Waals surface area contributed by atoms with Crippen molar-refractivity contribution in [2.45, 2.75) is 27.7 Å². The second-order valence-electron chi connectivity index (χ2n) is 5.22. The Labute approximate surface area is 138 Å². The fourth-order valence-corrected chi connectivity index (χ4v) is 2.73. The summed E-state index contributed by atoms with van der Waals surface area (Å²) in [5.74, 6) is 0.205. The van der Waals surface area contributed by atoms with E-state index in [1.165, 1.54) is 0 Å². The molecule has 0 fully saturated rings. The van der Waals surface area contributed by atoms with Crippen LogP contribution < -0.4 is 0 Å². The molecule has 0 aliphatic rings. The highest BCUT2D eigenvalue weighted by molar-refractivity contribution is 6.01. The monoisotopic (exact) mass is 305 g/mol. The van der Waals surface area contributed by atoms with Crippen molar-refractivity contribution in [3.63, 3.8) is 0 Å². The van der Waals surface area contributed by atoms with Crippen LogP contribution >= 0.6 is 0 Å². The molecule has 0 spiro atoms. The van der Waals surface area contributed by atoms with Gasteiger partial charge in [-0.15, -0.1) is 0 Å². The average molecular weight is 305 g/mol. The third-order valence-corrected chi connectivity index (χ3v) is 3.59. The maximum Gasteiger partial charge on any atom is 0.141 e. The first-order valence-corrected chi connectivity index (χ1v) is 7.88. The Hall–Kier alpha value is -2.61. The molecule has 0 saturated heterocycles. The van der Waals surface area contributed by atoms with Crippen molar-refractivity contribution in [1.82, 2.24) is 4.98 Å². The number of pyridine rings is 1. The number of phenolic OH excluding ortho intramolecular Hbond substituents is 1. The van der Waals surface area contributed by atoms with Crippen molar-refractivity contribution in [3.8, 4) is 5.75 Å². The van der Waals surface area contributed by atoms with E-state index in [-0.39, 0.29) is 5.75 Å². The maximum absolute atomic E-state index is 10.3. The van der Waals surface area contributed by atoms with Crippen molar-refractivity contribution >= 4 is 35.2 Å². The van der Waals surface area contributed by atoms with Gasteiger partial charge in [0, 0.05) is 10.9 Å². The zero-order chi connectivity index (χ0) is 16.8. The lowest BCUT2D eigenvalue weighted by atomic mass is 9.95. The summed E-state index contributed by atoms with van der Waals surface area (Å²) in [6, 6.07) is 3.64. The van der Waals surface area contributed by atoms with E-state index in [4.69, 9.17) is 4.98 Å². The number of hydrogen-bond donors (Lipinski definition) is 1. The average Bonchev–Trinajstić information content (AvgIpc) is 2.54. The van der Waals surface area contributed by atoms with Gasteiger partial charge < -0.3 is 5.11 Å². The highest BCUT2D eigenvalue weighted by Crippen LogP contribution is 2.34. The van der Waals surface area contributed by atoms with E-state index >= 15 is 0 Å². The first kappa shape index (κ1) is 16.8. The number of aromatic nitrogens is 1. The zero-order valence-corrected chi connectivity index (χ0v) is 14.2. The molecule has 2 nitrogen and oxygen atoms in total. The van der Waals surface area contributed by atoms with Crippen LogP contribution in [0.15, 0.2) is 36.4 Å². The second-order valence-corrected chi connectivity index (χ2v) is 5.22. The summed E-state index contributed by atoms with van der Waals surface area (Å²) in [5, 5.41) is 11.3. The third kappa shape index (κ3) is 3.26. The minimum atomic E-state index is 0.205. The Morgan fingerprint density at radius 2 is 1.39 bits per heavy atom. The number of nitrogens with zero attached hydrogens (tertiary/aromatic N) is 1. The van der Waals surface area contributed by atoms with E-state index in [0.29, 0.717) is 5.52 Å². The molecule has 1 aromatic heterocycles. The molecular formula is C21H23NO. The van der Waals surface area contributed by atoms with Crippen LogP contribution in [0.3, 0.4) is 0 Å². The molecule has 0 saturated carbocycles. The van der Waals surface area contributed by atoms with E-state index in [1.807, 2.05) is 70.2 Å². The molecule has 0 unspecified atom stereocenters. The van der Waals surface area contributed by atoms with E-state index in [0.717, 1.165) is 27.8 Å². The summed E-state index contributed by atoms with van der Waals surface area (Å²) in [6.45, 7) is 7.96. The van der Waals surface area contributed by atoms with Gasteiger partial charge in [0.25, 0.3) is 0 Å². The molecule has 0 atom stereocenters. The predicted octanol–water partition coefficient (Wildman–Crippen LogP) is 6.07. The van der Waals surface area contributed by atoms with Gasteiger partial charge in [-0.05, 0) is 51.0 Å². The normalized spacial score (nSPS) is 12.7. The van der Waals surface area contributed by atoms with Gasteiger partial charge in [0.2, 0.25) is 0 Å². The van der Waals surface area contributed by atoms with Crippen LogP contribution in [0.1, 0.15) is 50.1 Å². The number of fused-ring (bicyclic) bond motifs is 1. The summed E-state index contributed by atoms with van der Waals surface area (Å²) in [5.41, 5.74) is 4.69. The van der Waals surface area contributed by atoms with Crippen molar-refractivity contribution < 1.29 is 5.11 Å². The SMILES string of the molecule is CC=Cc1nc2c(O)ccc(C=CC)c2c(C=CC)c1C=CC. The van der Waals surface area contributed by atoms with E-state index in [1.54, 1.807) is 6.07 Å². The van der Waals surface area contributed by atoms with Gasteiger partial charge in [0.05, 0.1) is 5.69 Å². The van der Waals surface area contributed by atoms with Crippen LogP contribution in [0, 0.1) is 0 Å². The van der Waals surface area contributed by atoms with Gasteiger partial charge in [0.1, 0.15) is 11.3 Å². The third-order valence-electron chi connectivity index (χ3n) is 3.59. The fourth-order valence-electron chi connectivity index (χ4n) is 2.73. The van der Waals surface area contributed by atoms with Crippen molar-refractivity contribution in [3.05, 3.63) is 58.8 Å². The molecule has 0 aliphatic heterocycles. The highest BCUT2D eigenvalue weighted by Gasteiger charge is 2.14. The first-order valence-electron chi connectivity index (χ1n) is 7.88. The molecule has 0 amide bonds. The number of hydrogen-bond acceptors (Lipinski definition) is 2. The van der Waals surface area contributed by atoms with Crippen molar-refractivity contribution in [1.29, 1.82) is 0 Å². The van der Waals surface area contributed by atoms with E-state index < -0.39 is 0 Å². The first-order chi connectivity index (χ1) is 11.2. The van der Waals surface area contributed by atoms with Gasteiger partial charge >= 0.3 is 0 Å². The van der Waals surface area contributed by atoms with Crippen LogP contribution in [0.25, 0.3) is 35.2 Å². The minimum absolute atomic E-state index is 0.205. The second kappa shape index (κ2) is 7.59. The van der Waals surface area contributed by atoms with Crippen molar-refractivity contribution in [2.75, 3.05) is 0 Å². The topological polar surface area (TPSA) is 33.1 Å². The van der Waals surface area contributed by atoms with Gasteiger partial charge in [-0.2, -0.15) is 0 Å². The summed E-state index contributed by atoms with van der Waals surface area (Å²) >= 11 is 0. The summed E-state index contributed by atoms with van der Waals surface area (Å²) in [4.78, 5) is 4.71. The summed E-state index contributed by atoms with van der Waals surface area (Å²) in [7, 11) is 0. The molecule has 1 heterocycles. The molecular weight excluding hydrogens is 282 g/mol. The molecule has 0 bridgehead atoms. The molecule has 118 valence electrons. The van der Waals surface area contributed by atoms with Crippen LogP contribution in [0.4, 0.5) is 0 Å². The molecule has 0 aliphatic carbocycles. The number of phenols is 1. The molecule has 0 radical (unpaired) electrons. The van der Waals surface area contributed by atoms with Crippen LogP contribution in [0.5, 0.6) is 5.75 Å². The number of benzene rings is 1. The maximum atomic E-state index is 10.3. The Kier molecular flexibility index (Phi) is 5.53. The predicted molar refractivity (Wildman–Crippen MR) is 102 cm³/mol. The van der Waals surface area contributed by atoms with Gasteiger partial charge in [0.15, 0.2) is 0 Å². The van der Waals surface area contributed by atoms with E-state index in [9.17, 15) is 5.11 Å². The summed E-state index contributed by atoms with van der Waals surface area (Å²) in [6.07, 6.45) is 16.2. The minimum Gasteiger partial charge on any atom is -0.506 e. The summed E-state index contributed by atoms with van der Waals surface area (Å²) < 4.78 is 0. The van der Waals surface area contributed by atoms with Gasteiger partial charge in [-0.1, -0.05) is 48.6 Å². The zero-order valence-electron chi connectivity index (χ0n) is 14.2. The van der Waals surface area contributed by atoms with Crippen molar-refractivity contribution in [2.24, 2.45) is 0 Å². The Morgan fingerprint density at radius 3 is 2.00 bits per heavy atom. The van der Waals surface area contributed by atoms with Crippen LogP contribution in [-0.4, -0.2) is 10.1 Å².